The maximum atomic E-state index is 5.99. The maximum Gasteiger partial charge on any atom is 0.495 e. The zero-order valence-electron chi connectivity index (χ0n) is 10.1. The first-order valence-corrected chi connectivity index (χ1v) is 7.68. The summed E-state index contributed by atoms with van der Waals surface area (Å²) in [4.78, 5) is 0. The van der Waals surface area contributed by atoms with Crippen LogP contribution >= 0.6 is 20.7 Å². The number of allylic oxidation sites excluding steroid dienone is 4. The number of rotatable bonds is 1. The maximum absolute atomic E-state index is 5.99. The van der Waals surface area contributed by atoms with Crippen LogP contribution in [0.3, 0.4) is 0 Å². The summed E-state index contributed by atoms with van der Waals surface area (Å²) < 4.78 is 17.4. The Morgan fingerprint density at radius 3 is 2.44 bits per heavy atom. The van der Waals surface area contributed by atoms with E-state index in [2.05, 4.69) is 41.5 Å². The number of hydrogen-bond donors (Lipinski definition) is 0. The van der Waals surface area contributed by atoms with Crippen LogP contribution < -0.4 is 0 Å². The van der Waals surface area contributed by atoms with E-state index < -0.39 is 0 Å². The van der Waals surface area contributed by atoms with Crippen LogP contribution in [0.25, 0.3) is 0 Å². The van der Waals surface area contributed by atoms with Gasteiger partial charge in [0.25, 0.3) is 0 Å². The van der Waals surface area contributed by atoms with Crippen LogP contribution in [0.1, 0.15) is 27.7 Å². The molecule has 0 radical (unpaired) electrons. The van der Waals surface area contributed by atoms with Gasteiger partial charge in [-0.2, -0.15) is 0 Å². The Morgan fingerprint density at radius 1 is 1.19 bits per heavy atom. The Morgan fingerprint density at radius 2 is 1.81 bits per heavy atom. The molecule has 16 heavy (non-hydrogen) atoms. The van der Waals surface area contributed by atoms with Gasteiger partial charge in [-0.3, -0.25) is 0 Å². The topological polar surface area (TPSA) is 18.5 Å². The van der Waals surface area contributed by atoms with E-state index in [0.717, 1.165) is 5.47 Å². The summed E-state index contributed by atoms with van der Waals surface area (Å²) in [7, 11) is -0.228. The van der Waals surface area contributed by atoms with E-state index in [9.17, 15) is 0 Å². The molecule has 2 aliphatic heterocycles. The van der Waals surface area contributed by atoms with E-state index in [1.54, 1.807) is 0 Å². The van der Waals surface area contributed by atoms with Crippen LogP contribution in [0.4, 0.5) is 0 Å². The lowest BCUT2D eigenvalue weighted by Gasteiger charge is -2.32. The zero-order valence-corrected chi connectivity index (χ0v) is 12.2. The predicted octanol–water partition coefficient (Wildman–Crippen LogP) is 3.00. The quantitative estimate of drug-likeness (QED) is 0.544. The highest BCUT2D eigenvalue weighted by molar-refractivity contribution is 14.2. The molecule has 0 N–H and O–H groups in total. The van der Waals surface area contributed by atoms with Gasteiger partial charge in [-0.1, -0.05) is 15.8 Å². The van der Waals surface area contributed by atoms with Crippen molar-refractivity contribution in [2.45, 2.75) is 38.9 Å². The van der Waals surface area contributed by atoms with Gasteiger partial charge in [0.05, 0.1) is 11.2 Å². The lowest BCUT2D eigenvalue weighted by molar-refractivity contribution is 0.00578. The summed E-state index contributed by atoms with van der Waals surface area (Å²) >= 11 is -0.124. The van der Waals surface area contributed by atoms with Crippen molar-refractivity contribution in [1.82, 2.24) is 0 Å². The highest BCUT2D eigenvalue weighted by atomic mass is 127. The van der Waals surface area contributed by atoms with Crippen molar-refractivity contribution in [2.75, 3.05) is 0 Å². The van der Waals surface area contributed by atoms with Crippen LogP contribution in [0.15, 0.2) is 27.8 Å². The molecule has 2 heterocycles. The minimum atomic E-state index is -0.256. The van der Waals surface area contributed by atoms with Crippen LogP contribution in [0.2, 0.25) is 0 Å². The van der Waals surface area contributed by atoms with Gasteiger partial charge in [0.15, 0.2) is 0 Å². The van der Waals surface area contributed by atoms with E-state index in [-0.39, 0.29) is 39.1 Å². The molecular weight excluding hydrogens is 314 g/mol. The molecule has 0 spiro atoms. The van der Waals surface area contributed by atoms with Crippen molar-refractivity contribution < 1.29 is 9.31 Å². The van der Waals surface area contributed by atoms with Crippen molar-refractivity contribution in [3.63, 3.8) is 0 Å². The third-order valence-corrected chi connectivity index (χ3v) is 4.97. The predicted molar refractivity (Wildman–Crippen MR) is 76.9 cm³/mol. The third kappa shape index (κ3) is 2.25. The average Bonchev–Trinajstić information content (AvgIpc) is 2.42. The fourth-order valence-electron chi connectivity index (χ4n) is 1.47. The number of hydrogen-bond acceptors (Lipinski definition) is 2. The second-order valence-electron chi connectivity index (χ2n) is 4.94. The first-order valence-electron chi connectivity index (χ1n) is 5.36. The van der Waals surface area contributed by atoms with Crippen LogP contribution in [0, 0.1) is 0 Å². The van der Waals surface area contributed by atoms with Crippen LogP contribution in [-0.2, 0) is 9.31 Å². The molecule has 2 nitrogen and oxygen atoms in total. The normalized spacial score (nSPS) is 26.2. The summed E-state index contributed by atoms with van der Waals surface area (Å²) in [6.07, 6.45) is 6.04. The molecule has 0 amide bonds. The second kappa shape index (κ2) is 4.26. The Balaban J connectivity index is 2.21. The molecule has 0 aromatic rings. The Kier molecular flexibility index (Phi) is 3.28. The lowest BCUT2D eigenvalue weighted by atomic mass is 9.79. The largest absolute Gasteiger partial charge is 0.495 e. The molecule has 2 aliphatic rings. The van der Waals surface area contributed by atoms with Gasteiger partial charge in [0.1, 0.15) is 0 Å². The molecule has 0 unspecified atom stereocenters. The first kappa shape index (κ1) is 12.3. The molecule has 0 aromatic heterocycles. The number of halogens is 1. The summed E-state index contributed by atoms with van der Waals surface area (Å²) in [6, 6.07) is 0. The van der Waals surface area contributed by atoms with Gasteiger partial charge in [-0.15, -0.1) is 0 Å². The monoisotopic (exact) mass is 330 g/mol. The van der Waals surface area contributed by atoms with Gasteiger partial charge in [-0.25, -0.2) is 0 Å². The van der Waals surface area contributed by atoms with Crippen molar-refractivity contribution in [3.8, 4) is 0 Å². The van der Waals surface area contributed by atoms with Crippen molar-refractivity contribution in [3.05, 3.63) is 27.8 Å². The minimum Gasteiger partial charge on any atom is -0.399 e. The Labute approximate surface area is 107 Å². The van der Waals surface area contributed by atoms with E-state index >= 15 is 0 Å². The fourth-order valence-corrected chi connectivity index (χ4v) is 2.93. The van der Waals surface area contributed by atoms with E-state index in [1.165, 1.54) is 0 Å². The SMILES string of the molecule is CC1(C)OB(C2=CI=C=CC=C2)OC1(C)C. The zero-order chi connectivity index (χ0) is 11.8. The van der Waals surface area contributed by atoms with Crippen molar-refractivity contribution >= 4 is 31.5 Å². The van der Waals surface area contributed by atoms with Crippen molar-refractivity contribution in [2.24, 2.45) is 0 Å². The Hall–Kier alpha value is -0.155. The fraction of sp³-hybridized carbons (Fsp3) is 0.500. The van der Waals surface area contributed by atoms with E-state index in [4.69, 9.17) is 9.31 Å². The summed E-state index contributed by atoms with van der Waals surface area (Å²) in [6.45, 7) is 8.31. The van der Waals surface area contributed by atoms with Gasteiger partial charge >= 0.3 is 7.12 Å². The molecular formula is C12H16BIO2. The summed E-state index contributed by atoms with van der Waals surface area (Å²) in [5, 5.41) is 0. The molecule has 0 atom stereocenters. The van der Waals surface area contributed by atoms with Gasteiger partial charge < -0.3 is 9.31 Å². The summed E-state index contributed by atoms with van der Waals surface area (Å²) in [5.74, 6) is 0. The summed E-state index contributed by atoms with van der Waals surface area (Å²) in [5.41, 5.74) is 0.620. The third-order valence-electron chi connectivity index (χ3n) is 3.22. The molecule has 4 heteroatoms. The Bertz CT molecular complexity index is 399. The van der Waals surface area contributed by atoms with E-state index in [0.29, 0.717) is 0 Å². The highest BCUT2D eigenvalue weighted by Crippen LogP contribution is 2.39. The molecule has 2 rings (SSSR count). The molecule has 0 saturated carbocycles. The smallest absolute Gasteiger partial charge is 0.399 e. The minimum absolute atomic E-state index is 0.124. The molecule has 86 valence electrons. The molecule has 0 aromatic carbocycles. The van der Waals surface area contributed by atoms with Crippen molar-refractivity contribution in [1.29, 1.82) is 0 Å². The second-order valence-corrected chi connectivity index (χ2v) is 6.81. The van der Waals surface area contributed by atoms with Crippen LogP contribution in [-0.4, -0.2) is 22.0 Å². The average molecular weight is 330 g/mol. The lowest BCUT2D eigenvalue weighted by Crippen LogP contribution is -2.41. The molecule has 1 saturated heterocycles. The van der Waals surface area contributed by atoms with E-state index in [1.807, 2.05) is 12.2 Å². The molecule has 0 bridgehead atoms. The molecule has 0 aliphatic carbocycles. The van der Waals surface area contributed by atoms with Gasteiger partial charge in [0.2, 0.25) is 0 Å². The van der Waals surface area contributed by atoms with Crippen LogP contribution in [0.5, 0.6) is 0 Å². The highest BCUT2D eigenvalue weighted by Gasteiger charge is 2.51. The van der Waals surface area contributed by atoms with Gasteiger partial charge in [-0.05, 0) is 64.1 Å². The standard InChI is InChI=1S/C12H16BIO2/c1-11(2)12(3,4)16-13(15-11)10-7-5-6-8-14-9-10/h5-7,9H,1-4H3. The van der Waals surface area contributed by atoms with Gasteiger partial charge in [0, 0.05) is 0 Å². The molecule has 1 fully saturated rings. The first-order chi connectivity index (χ1) is 7.42.